The Kier molecular flexibility index (Phi) is 3.69. The second kappa shape index (κ2) is 4.32. The Labute approximate surface area is 104 Å². The third-order valence-corrected chi connectivity index (χ3v) is 3.34. The molecule has 0 bridgehead atoms. The molecule has 0 unspecified atom stereocenters. The van der Waals surface area contributed by atoms with Crippen LogP contribution in [0.5, 0.6) is 5.88 Å². The Morgan fingerprint density at radius 1 is 1.13 bits per heavy atom. The van der Waals surface area contributed by atoms with E-state index >= 15 is 0 Å². The van der Waals surface area contributed by atoms with Gasteiger partial charge < -0.3 is 4.74 Å². The Balaban J connectivity index is 2.82. The van der Waals surface area contributed by atoms with Gasteiger partial charge in [0.05, 0.1) is 23.5 Å². The van der Waals surface area contributed by atoms with E-state index < -0.39 is 0 Å². The van der Waals surface area contributed by atoms with Crippen LogP contribution < -0.4 is 4.74 Å². The molecule has 0 saturated heterocycles. The average molecular weight is 261 g/mol. The van der Waals surface area contributed by atoms with E-state index in [2.05, 4.69) is 60.1 Å². The van der Waals surface area contributed by atoms with Crippen LogP contribution in [-0.4, -0.2) is 49.6 Å². The maximum Gasteiger partial charge on any atom is 0.212 e. The lowest BCUT2D eigenvalue weighted by Crippen LogP contribution is -2.51. The predicted molar refractivity (Wildman–Crippen MR) is 80.7 cm³/mol. The van der Waals surface area contributed by atoms with Crippen LogP contribution in [0, 0.1) is 0 Å². The molecule has 0 amide bonds. The van der Waals surface area contributed by atoms with Crippen molar-refractivity contribution in [2.45, 2.75) is 10.5 Å². The molecule has 1 aromatic heterocycles. The fourth-order valence-corrected chi connectivity index (χ4v) is 1.07. The second-order valence-corrected chi connectivity index (χ2v) is 6.09. The number of nitrogens with zero attached hydrogens (tertiary/aromatic N) is 1. The molecule has 1 rings (SSSR count). The van der Waals surface area contributed by atoms with Gasteiger partial charge in [-0.3, -0.25) is 0 Å². The summed E-state index contributed by atoms with van der Waals surface area (Å²) in [6.07, 6.45) is 1.74. The number of rotatable bonds is 3. The molecule has 0 N–H and O–H groups in total. The maximum absolute atomic E-state index is 5.89. The number of halogens is 1. The van der Waals surface area contributed by atoms with Crippen molar-refractivity contribution in [1.82, 2.24) is 4.98 Å². The number of hydrogen-bond acceptors (Lipinski definition) is 2. The van der Waals surface area contributed by atoms with Gasteiger partial charge in [0, 0.05) is 22.1 Å². The summed E-state index contributed by atoms with van der Waals surface area (Å²) in [6.45, 7) is 0. The molecule has 74 valence electrons. The molecule has 0 aliphatic heterocycles. The molecule has 0 radical (unpaired) electrons. The third-order valence-electron chi connectivity index (χ3n) is 2.87. The first-order chi connectivity index (χ1) is 6.72. The van der Waals surface area contributed by atoms with E-state index in [9.17, 15) is 0 Å². The van der Waals surface area contributed by atoms with Crippen LogP contribution in [0.2, 0.25) is 5.11 Å². The fourth-order valence-electron chi connectivity index (χ4n) is 0.837. The van der Waals surface area contributed by atoms with Gasteiger partial charge in [-0.25, -0.2) is 4.98 Å². The molecule has 15 heavy (non-hydrogen) atoms. The summed E-state index contributed by atoms with van der Waals surface area (Å²) in [5.74, 6) is 0.665. The molecule has 1 heterocycles. The second-order valence-electron chi connectivity index (χ2n) is 5.18. The molecule has 0 spiro atoms. The predicted octanol–water partition coefficient (Wildman–Crippen LogP) is -2.88. The van der Waals surface area contributed by atoms with Crippen molar-refractivity contribution in [1.29, 1.82) is 0 Å². The Morgan fingerprint density at radius 2 is 1.73 bits per heavy atom. The van der Waals surface area contributed by atoms with Gasteiger partial charge >= 0.3 is 0 Å². The summed E-state index contributed by atoms with van der Waals surface area (Å²) < 4.78 is 6.85. The van der Waals surface area contributed by atoms with Crippen molar-refractivity contribution in [2.24, 2.45) is 0 Å². The lowest BCUT2D eigenvalue weighted by molar-refractivity contribution is 0.232. The molecule has 2 nitrogen and oxygen atoms in total. The fraction of sp³-hybridized carbons (Fsp3) is 0.286. The van der Waals surface area contributed by atoms with E-state index in [4.69, 9.17) is 4.74 Å². The van der Waals surface area contributed by atoms with E-state index in [0.29, 0.717) is 5.88 Å². The van der Waals surface area contributed by atoms with Gasteiger partial charge in [0.1, 0.15) is 15.7 Å². The van der Waals surface area contributed by atoms with E-state index in [1.165, 1.54) is 0 Å². The van der Waals surface area contributed by atoms with Gasteiger partial charge in [-0.2, -0.15) is 0 Å². The number of ether oxygens (including phenoxy) is 1. The first-order valence-electron chi connectivity index (χ1n) is 5.03. The highest BCUT2D eigenvalue weighted by Crippen LogP contribution is 2.27. The number of pyridine rings is 1. The molecule has 1 aromatic rings. The zero-order valence-corrected chi connectivity index (χ0v) is 11.6. The topological polar surface area (TPSA) is 22.1 Å². The Morgan fingerprint density at radius 3 is 2.13 bits per heavy atom. The highest BCUT2D eigenvalue weighted by molar-refractivity contribution is 9.10. The van der Waals surface area contributed by atoms with Crippen molar-refractivity contribution in [3.63, 3.8) is 0 Å². The molecule has 0 fully saturated rings. The zero-order valence-electron chi connectivity index (χ0n) is 9.97. The third kappa shape index (κ3) is 3.37. The molecule has 0 aromatic carbocycles. The van der Waals surface area contributed by atoms with E-state index in [0.717, 1.165) is 4.47 Å². The smallest absolute Gasteiger partial charge is 0.212 e. The summed E-state index contributed by atoms with van der Waals surface area (Å²) >= 11 is 3.35. The first kappa shape index (κ1) is 12.8. The van der Waals surface area contributed by atoms with Crippen LogP contribution in [0.3, 0.4) is 0 Å². The minimum absolute atomic E-state index is 0.0712. The molecular weight excluding hydrogens is 248 g/mol. The Bertz CT molecular complexity index is 336. The summed E-state index contributed by atoms with van der Waals surface area (Å²) in [5.41, 5.74) is 0. The number of hydrogen-bond donors (Lipinski definition) is 0. The molecular formula is C7H13B5BrNO. The Hall–Kier alpha value is -0.245. The normalized spacial score (nSPS) is 12.3. The summed E-state index contributed by atoms with van der Waals surface area (Å²) in [6, 6.07) is 3.80. The van der Waals surface area contributed by atoms with Crippen molar-refractivity contribution in [3.8, 4) is 5.88 Å². The van der Waals surface area contributed by atoms with Crippen LogP contribution in [0.1, 0.15) is 0 Å². The molecule has 8 heteroatoms. The van der Waals surface area contributed by atoms with Gasteiger partial charge in [0.2, 0.25) is 5.88 Å². The minimum atomic E-state index is -0.242. The van der Waals surface area contributed by atoms with Crippen molar-refractivity contribution >= 4 is 55.2 Å². The molecule has 0 aliphatic rings. The van der Waals surface area contributed by atoms with Crippen LogP contribution in [0.4, 0.5) is 0 Å². The number of aromatic nitrogens is 1. The average Bonchev–Trinajstić information content (AvgIpc) is 2.06. The lowest BCUT2D eigenvalue weighted by atomic mass is 9.28. The highest BCUT2D eigenvalue weighted by atomic mass is 79.9. The zero-order chi connectivity index (χ0) is 11.7. The van der Waals surface area contributed by atoms with Crippen LogP contribution >= 0.6 is 15.9 Å². The van der Waals surface area contributed by atoms with Crippen LogP contribution in [0.15, 0.2) is 22.8 Å². The van der Waals surface area contributed by atoms with Gasteiger partial charge in [0.25, 0.3) is 0 Å². The van der Waals surface area contributed by atoms with Gasteiger partial charge in [0.15, 0.2) is 0 Å². The molecule has 0 atom stereocenters. The SMILES string of the molecule is BC(B)(B)C(B)(B)Oc1ccc(Br)cn1. The van der Waals surface area contributed by atoms with Crippen molar-refractivity contribution < 1.29 is 4.74 Å². The van der Waals surface area contributed by atoms with Gasteiger partial charge in [-0.15, -0.1) is 0 Å². The standard InChI is InChI=1S/C7H13B5BrNO/c8-6(9,10)7(11,12)15-5-2-1-4(13)3-14-5/h1-3H,8-12H2. The van der Waals surface area contributed by atoms with Gasteiger partial charge in [-0.05, 0) is 22.0 Å². The summed E-state index contributed by atoms with van der Waals surface area (Å²) in [5, 5.41) is -0.171. The van der Waals surface area contributed by atoms with Gasteiger partial charge in [-0.1, -0.05) is 5.11 Å². The van der Waals surface area contributed by atoms with E-state index in [1.807, 2.05) is 12.1 Å². The van der Waals surface area contributed by atoms with Crippen LogP contribution in [-0.2, 0) is 0 Å². The minimum Gasteiger partial charge on any atom is -0.492 e. The lowest BCUT2D eigenvalue weighted by Gasteiger charge is -2.39. The van der Waals surface area contributed by atoms with E-state index in [-0.39, 0.29) is 10.5 Å². The highest BCUT2D eigenvalue weighted by Gasteiger charge is 2.34. The van der Waals surface area contributed by atoms with Crippen LogP contribution in [0.25, 0.3) is 0 Å². The molecule has 0 aliphatic carbocycles. The quantitative estimate of drug-likeness (QED) is 0.545. The van der Waals surface area contributed by atoms with Crippen molar-refractivity contribution in [3.05, 3.63) is 22.8 Å². The van der Waals surface area contributed by atoms with E-state index in [1.54, 1.807) is 6.20 Å². The summed E-state index contributed by atoms with van der Waals surface area (Å²) in [7, 11) is 10.6. The van der Waals surface area contributed by atoms with Crippen molar-refractivity contribution in [2.75, 3.05) is 0 Å². The first-order valence-corrected chi connectivity index (χ1v) is 5.82. The largest absolute Gasteiger partial charge is 0.492 e. The molecule has 0 saturated carbocycles. The summed E-state index contributed by atoms with van der Waals surface area (Å²) in [4.78, 5) is 4.21. The monoisotopic (exact) mass is 261 g/mol. The maximum atomic E-state index is 5.89.